The summed E-state index contributed by atoms with van der Waals surface area (Å²) in [5, 5.41) is 2.78. The number of amides is 1. The Balaban J connectivity index is 1.53. The molecule has 1 aliphatic rings. The van der Waals surface area contributed by atoms with Crippen molar-refractivity contribution in [1.29, 1.82) is 0 Å². The molecule has 0 bridgehead atoms. The lowest BCUT2D eigenvalue weighted by Gasteiger charge is -2.21. The monoisotopic (exact) mass is 419 g/mol. The molecule has 1 fully saturated rings. The van der Waals surface area contributed by atoms with Crippen LogP contribution in [0.4, 0.5) is 0 Å². The summed E-state index contributed by atoms with van der Waals surface area (Å²) in [6.07, 6.45) is 7.05. The molecule has 2 aromatic rings. The zero-order valence-corrected chi connectivity index (χ0v) is 16.9. The van der Waals surface area contributed by atoms with E-state index in [0.29, 0.717) is 12.5 Å². The van der Waals surface area contributed by atoms with Crippen LogP contribution in [0.3, 0.4) is 0 Å². The average molecular weight is 419 g/mol. The predicted molar refractivity (Wildman–Crippen MR) is 106 cm³/mol. The molecule has 1 aromatic carbocycles. The first kappa shape index (κ1) is 21.1. The van der Waals surface area contributed by atoms with E-state index in [1.54, 1.807) is 18.2 Å². The standard InChI is InChI=1S/C21H25NO6S/c23-19(22-13-16-7-3-1-4-8-16)14-28-21(24)20-17(11-12-27-20)15-29(25,26)18-9-5-2-6-10-18/h2,5-6,9-12,16H,1,3-4,7-8,13-15H2,(H,22,23). The fourth-order valence-corrected chi connectivity index (χ4v) is 4.82. The second-order valence-corrected chi connectivity index (χ2v) is 9.22. The molecule has 156 valence electrons. The molecule has 0 saturated heterocycles. The molecular formula is C21H25NO6S. The molecule has 3 rings (SSSR count). The molecule has 1 aliphatic carbocycles. The lowest BCUT2D eigenvalue weighted by molar-refractivity contribution is -0.124. The topological polar surface area (TPSA) is 103 Å². The molecule has 1 heterocycles. The van der Waals surface area contributed by atoms with E-state index in [2.05, 4.69) is 5.32 Å². The van der Waals surface area contributed by atoms with Crippen molar-refractivity contribution in [1.82, 2.24) is 5.32 Å². The number of esters is 1. The molecular weight excluding hydrogens is 394 g/mol. The van der Waals surface area contributed by atoms with Crippen LogP contribution in [0.1, 0.15) is 48.2 Å². The molecule has 0 aliphatic heterocycles. The van der Waals surface area contributed by atoms with Gasteiger partial charge in [0.05, 0.1) is 16.9 Å². The minimum absolute atomic E-state index is 0.155. The van der Waals surface area contributed by atoms with Gasteiger partial charge in [-0.3, -0.25) is 4.79 Å². The van der Waals surface area contributed by atoms with Crippen LogP contribution in [0.5, 0.6) is 0 Å². The van der Waals surface area contributed by atoms with Gasteiger partial charge in [-0.15, -0.1) is 0 Å². The van der Waals surface area contributed by atoms with Crippen molar-refractivity contribution in [3.63, 3.8) is 0 Å². The van der Waals surface area contributed by atoms with E-state index in [-0.39, 0.29) is 22.1 Å². The van der Waals surface area contributed by atoms with Crippen LogP contribution in [0.25, 0.3) is 0 Å². The van der Waals surface area contributed by atoms with E-state index in [1.807, 2.05) is 0 Å². The number of furan rings is 1. The van der Waals surface area contributed by atoms with Gasteiger partial charge in [-0.1, -0.05) is 37.5 Å². The minimum Gasteiger partial charge on any atom is -0.457 e. The lowest BCUT2D eigenvalue weighted by Crippen LogP contribution is -2.33. The van der Waals surface area contributed by atoms with Crippen LogP contribution in [-0.2, 0) is 25.1 Å². The lowest BCUT2D eigenvalue weighted by atomic mass is 9.89. The second-order valence-electron chi connectivity index (χ2n) is 7.23. The Bertz CT molecular complexity index is 929. The number of rotatable bonds is 8. The number of ether oxygens (including phenoxy) is 1. The Morgan fingerprint density at radius 2 is 1.79 bits per heavy atom. The van der Waals surface area contributed by atoms with Crippen molar-refractivity contribution in [2.45, 2.75) is 42.8 Å². The molecule has 8 heteroatoms. The molecule has 7 nitrogen and oxygen atoms in total. The third kappa shape index (κ3) is 5.93. The van der Waals surface area contributed by atoms with Gasteiger partial charge < -0.3 is 14.5 Å². The Hall–Kier alpha value is -2.61. The molecule has 0 unspecified atom stereocenters. The highest BCUT2D eigenvalue weighted by Gasteiger charge is 2.24. The average Bonchev–Trinajstić information content (AvgIpc) is 3.19. The first-order valence-electron chi connectivity index (χ1n) is 9.74. The first-order chi connectivity index (χ1) is 14.0. The number of benzene rings is 1. The third-order valence-corrected chi connectivity index (χ3v) is 6.71. The van der Waals surface area contributed by atoms with Crippen LogP contribution in [-0.4, -0.2) is 33.4 Å². The number of hydrogen-bond acceptors (Lipinski definition) is 6. The SMILES string of the molecule is O=C(COC(=O)c1occc1CS(=O)(=O)c1ccccc1)NCC1CCCCC1. The van der Waals surface area contributed by atoms with Crippen LogP contribution in [0.2, 0.25) is 0 Å². The predicted octanol–water partition coefficient (Wildman–Crippen LogP) is 3.11. The number of sulfone groups is 1. The number of nitrogens with one attached hydrogen (secondary N) is 1. The summed E-state index contributed by atoms with van der Waals surface area (Å²) in [6, 6.07) is 9.38. The van der Waals surface area contributed by atoms with Crippen molar-refractivity contribution < 1.29 is 27.2 Å². The third-order valence-electron chi connectivity index (χ3n) is 5.03. The van der Waals surface area contributed by atoms with E-state index < -0.39 is 28.2 Å². The van der Waals surface area contributed by atoms with Gasteiger partial charge in [0.1, 0.15) is 0 Å². The summed E-state index contributed by atoms with van der Waals surface area (Å²) >= 11 is 0. The molecule has 0 atom stereocenters. The Morgan fingerprint density at radius 3 is 2.52 bits per heavy atom. The minimum atomic E-state index is -3.64. The van der Waals surface area contributed by atoms with Crippen molar-refractivity contribution >= 4 is 21.7 Å². The molecule has 1 saturated carbocycles. The molecule has 0 spiro atoms. The zero-order chi connectivity index (χ0) is 20.7. The maximum absolute atomic E-state index is 12.5. The summed E-state index contributed by atoms with van der Waals surface area (Å²) in [5.74, 6) is -1.37. The fraction of sp³-hybridized carbons (Fsp3) is 0.429. The molecule has 1 aromatic heterocycles. The van der Waals surface area contributed by atoms with E-state index in [0.717, 1.165) is 12.8 Å². The van der Waals surface area contributed by atoms with Crippen LogP contribution < -0.4 is 5.32 Å². The van der Waals surface area contributed by atoms with E-state index >= 15 is 0 Å². The smallest absolute Gasteiger partial charge is 0.375 e. The quantitative estimate of drug-likeness (QED) is 0.660. The normalized spacial score (nSPS) is 15.0. The number of carbonyl (C=O) groups excluding carboxylic acids is 2. The zero-order valence-electron chi connectivity index (χ0n) is 16.1. The molecule has 1 amide bonds. The molecule has 1 N–H and O–H groups in total. The molecule has 0 radical (unpaired) electrons. The summed E-state index contributed by atoms with van der Waals surface area (Å²) in [5.41, 5.74) is 0.196. The highest BCUT2D eigenvalue weighted by molar-refractivity contribution is 7.90. The largest absolute Gasteiger partial charge is 0.457 e. The number of carbonyl (C=O) groups is 2. The van der Waals surface area contributed by atoms with Crippen LogP contribution >= 0.6 is 0 Å². The van der Waals surface area contributed by atoms with Gasteiger partial charge in [-0.05, 0) is 37.0 Å². The fourth-order valence-electron chi connectivity index (χ4n) is 3.44. The summed E-state index contributed by atoms with van der Waals surface area (Å²) in [4.78, 5) is 24.4. The van der Waals surface area contributed by atoms with E-state index in [1.165, 1.54) is 43.7 Å². The summed E-state index contributed by atoms with van der Waals surface area (Å²) < 4.78 is 35.2. The van der Waals surface area contributed by atoms with Gasteiger partial charge in [-0.2, -0.15) is 0 Å². The maximum atomic E-state index is 12.5. The second kappa shape index (κ2) is 9.73. The van der Waals surface area contributed by atoms with Crippen LogP contribution in [0, 0.1) is 5.92 Å². The Kier molecular flexibility index (Phi) is 7.09. The van der Waals surface area contributed by atoms with Gasteiger partial charge in [0.25, 0.3) is 5.91 Å². The van der Waals surface area contributed by atoms with Gasteiger partial charge in [0, 0.05) is 12.1 Å². The molecule has 29 heavy (non-hydrogen) atoms. The summed E-state index contributed by atoms with van der Waals surface area (Å²) in [6.45, 7) is 0.148. The van der Waals surface area contributed by atoms with E-state index in [4.69, 9.17) is 9.15 Å². The van der Waals surface area contributed by atoms with Gasteiger partial charge in [-0.25, -0.2) is 13.2 Å². The van der Waals surface area contributed by atoms with Gasteiger partial charge in [0.2, 0.25) is 5.76 Å². The van der Waals surface area contributed by atoms with Gasteiger partial charge in [0.15, 0.2) is 16.4 Å². The van der Waals surface area contributed by atoms with Crippen molar-refractivity contribution in [3.05, 3.63) is 54.0 Å². The van der Waals surface area contributed by atoms with Gasteiger partial charge >= 0.3 is 5.97 Å². The van der Waals surface area contributed by atoms with Crippen molar-refractivity contribution in [2.24, 2.45) is 5.92 Å². The number of hydrogen-bond donors (Lipinski definition) is 1. The van der Waals surface area contributed by atoms with Crippen molar-refractivity contribution in [3.8, 4) is 0 Å². The van der Waals surface area contributed by atoms with E-state index in [9.17, 15) is 18.0 Å². The van der Waals surface area contributed by atoms with Crippen molar-refractivity contribution in [2.75, 3.05) is 13.2 Å². The summed E-state index contributed by atoms with van der Waals surface area (Å²) in [7, 11) is -3.64. The highest BCUT2D eigenvalue weighted by atomic mass is 32.2. The highest BCUT2D eigenvalue weighted by Crippen LogP contribution is 2.23. The Labute approximate surface area is 170 Å². The Morgan fingerprint density at radius 1 is 1.07 bits per heavy atom. The van der Waals surface area contributed by atoms with Crippen LogP contribution in [0.15, 0.2) is 52.0 Å². The first-order valence-corrected chi connectivity index (χ1v) is 11.4. The maximum Gasteiger partial charge on any atom is 0.375 e.